The Morgan fingerprint density at radius 3 is 1.21 bits per heavy atom. The smallest absolute Gasteiger partial charge is 0.330 e. The minimum absolute atomic E-state index is 0.373. The van der Waals surface area contributed by atoms with Crippen molar-refractivity contribution in [2.24, 2.45) is 11.8 Å². The molecule has 0 saturated carbocycles. The van der Waals surface area contributed by atoms with E-state index in [-0.39, 0.29) is 0 Å². The molecular formula is C31H60O2. The molecule has 0 aliphatic heterocycles. The zero-order valence-electron chi connectivity index (χ0n) is 23.1. The van der Waals surface area contributed by atoms with Crippen LogP contribution in [0.4, 0.5) is 0 Å². The number of rotatable bonds is 25. The Labute approximate surface area is 208 Å². The van der Waals surface area contributed by atoms with Crippen LogP contribution in [0.2, 0.25) is 0 Å². The predicted octanol–water partition coefficient (Wildman–Crippen LogP) is 10.9. The molecule has 0 fully saturated rings. The lowest BCUT2D eigenvalue weighted by Crippen LogP contribution is -2.12. The molecule has 0 amide bonds. The topological polar surface area (TPSA) is 37.3 Å². The highest BCUT2D eigenvalue weighted by Gasteiger charge is 2.16. The summed E-state index contributed by atoms with van der Waals surface area (Å²) < 4.78 is 0. The fourth-order valence-corrected chi connectivity index (χ4v) is 5.06. The molecule has 33 heavy (non-hydrogen) atoms. The van der Waals surface area contributed by atoms with Gasteiger partial charge in [-0.3, -0.25) is 0 Å². The maximum atomic E-state index is 11.3. The second-order valence-electron chi connectivity index (χ2n) is 10.7. The first kappa shape index (κ1) is 32.2. The Kier molecular flexibility index (Phi) is 23.8. The molecule has 0 rings (SSSR count). The van der Waals surface area contributed by atoms with Gasteiger partial charge in [-0.1, -0.05) is 155 Å². The van der Waals surface area contributed by atoms with Gasteiger partial charge in [0.2, 0.25) is 0 Å². The Morgan fingerprint density at radius 1 is 0.606 bits per heavy atom. The summed E-state index contributed by atoms with van der Waals surface area (Å²) >= 11 is 0. The molecule has 0 aromatic carbocycles. The molecule has 1 unspecified atom stereocenters. The van der Waals surface area contributed by atoms with E-state index in [1.54, 1.807) is 6.92 Å². The average Bonchev–Trinajstić information content (AvgIpc) is 2.79. The molecule has 1 atom stereocenters. The van der Waals surface area contributed by atoms with Gasteiger partial charge in [0.1, 0.15) is 0 Å². The third-order valence-electron chi connectivity index (χ3n) is 7.45. The molecule has 2 heteroatoms. The number of hydrogen-bond donors (Lipinski definition) is 1. The number of unbranched alkanes of at least 4 members (excludes halogenated alkanes) is 18. The summed E-state index contributed by atoms with van der Waals surface area (Å²) in [6, 6.07) is 0. The Hall–Kier alpha value is -0.790. The van der Waals surface area contributed by atoms with Crippen LogP contribution in [0.25, 0.3) is 0 Å². The lowest BCUT2D eigenvalue weighted by atomic mass is 9.83. The van der Waals surface area contributed by atoms with E-state index >= 15 is 0 Å². The van der Waals surface area contributed by atoms with Gasteiger partial charge >= 0.3 is 5.97 Å². The van der Waals surface area contributed by atoms with Gasteiger partial charge in [0.15, 0.2) is 0 Å². The van der Waals surface area contributed by atoms with Gasteiger partial charge in [-0.15, -0.1) is 0 Å². The summed E-state index contributed by atoms with van der Waals surface area (Å²) in [7, 11) is 0. The number of aliphatic carboxylic acids is 1. The van der Waals surface area contributed by atoms with Crippen LogP contribution in [0.1, 0.15) is 169 Å². The first-order valence-corrected chi connectivity index (χ1v) is 14.9. The Balaban J connectivity index is 4.10. The van der Waals surface area contributed by atoms with E-state index in [2.05, 4.69) is 20.8 Å². The van der Waals surface area contributed by atoms with Gasteiger partial charge in [0.05, 0.1) is 0 Å². The van der Waals surface area contributed by atoms with Crippen molar-refractivity contribution >= 4 is 5.97 Å². The van der Waals surface area contributed by atoms with Crippen molar-refractivity contribution in [3.05, 3.63) is 11.6 Å². The van der Waals surface area contributed by atoms with Crippen molar-refractivity contribution in [1.29, 1.82) is 0 Å². The second kappa shape index (κ2) is 24.3. The first-order valence-electron chi connectivity index (χ1n) is 14.9. The molecule has 0 aromatic rings. The minimum Gasteiger partial charge on any atom is -0.478 e. The number of carbonyl (C=O) groups is 1. The molecule has 0 aliphatic rings. The molecule has 0 spiro atoms. The van der Waals surface area contributed by atoms with Crippen LogP contribution in [-0.4, -0.2) is 11.1 Å². The van der Waals surface area contributed by atoms with E-state index in [4.69, 9.17) is 0 Å². The Bertz CT molecular complexity index is 430. The van der Waals surface area contributed by atoms with E-state index in [1.807, 2.05) is 6.08 Å². The molecular weight excluding hydrogens is 404 g/mol. The minimum atomic E-state index is -0.765. The second-order valence-corrected chi connectivity index (χ2v) is 10.7. The zero-order valence-corrected chi connectivity index (χ0v) is 23.1. The van der Waals surface area contributed by atoms with Crippen LogP contribution in [0, 0.1) is 11.8 Å². The monoisotopic (exact) mass is 464 g/mol. The largest absolute Gasteiger partial charge is 0.478 e. The summed E-state index contributed by atoms with van der Waals surface area (Å²) in [5, 5.41) is 9.27. The fraction of sp³-hybridized carbons (Fsp3) is 0.903. The van der Waals surface area contributed by atoms with Crippen molar-refractivity contribution in [3.63, 3.8) is 0 Å². The molecule has 0 heterocycles. The van der Waals surface area contributed by atoms with Crippen molar-refractivity contribution in [3.8, 4) is 0 Å². The number of carboxylic acids is 1. The summed E-state index contributed by atoms with van der Waals surface area (Å²) in [5.74, 6) is 0.249. The normalized spacial score (nSPS) is 13.1. The molecule has 0 aromatic heterocycles. The number of hydrogen-bond acceptors (Lipinski definition) is 1. The highest BCUT2D eigenvalue weighted by molar-refractivity contribution is 5.85. The first-order chi connectivity index (χ1) is 16.0. The molecule has 1 N–H and O–H groups in total. The van der Waals surface area contributed by atoms with Crippen LogP contribution in [0.3, 0.4) is 0 Å². The zero-order chi connectivity index (χ0) is 24.6. The highest BCUT2D eigenvalue weighted by Crippen LogP contribution is 2.28. The maximum Gasteiger partial charge on any atom is 0.330 e. The standard InChI is InChI=1S/C31H60O2/c1-5-7-9-11-13-15-17-19-21-23-25-30(28(3)27-29(4)31(32)33)26-24-22-20-18-16-14-12-10-8-6-2/h27-28,30H,5-26H2,1-4H3,(H,32,33). The highest BCUT2D eigenvalue weighted by atomic mass is 16.4. The summed E-state index contributed by atoms with van der Waals surface area (Å²) in [4.78, 5) is 11.3. The van der Waals surface area contributed by atoms with Gasteiger partial charge in [0.25, 0.3) is 0 Å². The lowest BCUT2D eigenvalue weighted by molar-refractivity contribution is -0.132. The van der Waals surface area contributed by atoms with Gasteiger partial charge in [-0.25, -0.2) is 4.79 Å². The van der Waals surface area contributed by atoms with Crippen LogP contribution in [-0.2, 0) is 4.79 Å². The fourth-order valence-electron chi connectivity index (χ4n) is 5.06. The third kappa shape index (κ3) is 21.5. The maximum absolute atomic E-state index is 11.3. The summed E-state index contributed by atoms with van der Waals surface area (Å²) in [5.41, 5.74) is 0.513. The van der Waals surface area contributed by atoms with E-state index in [9.17, 15) is 9.90 Å². The number of carboxylic acid groups (broad SMARTS) is 1. The Morgan fingerprint density at radius 2 is 0.909 bits per heavy atom. The van der Waals surface area contributed by atoms with Crippen LogP contribution >= 0.6 is 0 Å². The molecule has 0 aliphatic carbocycles. The van der Waals surface area contributed by atoms with E-state index in [0.717, 1.165) is 0 Å². The molecule has 0 saturated heterocycles. The van der Waals surface area contributed by atoms with Crippen LogP contribution < -0.4 is 0 Å². The molecule has 196 valence electrons. The van der Waals surface area contributed by atoms with Gasteiger partial charge in [0, 0.05) is 5.57 Å². The number of allylic oxidation sites excluding steroid dienone is 1. The van der Waals surface area contributed by atoms with Crippen molar-refractivity contribution in [2.75, 3.05) is 0 Å². The predicted molar refractivity (Wildman–Crippen MR) is 147 cm³/mol. The lowest BCUT2D eigenvalue weighted by Gasteiger charge is -2.22. The van der Waals surface area contributed by atoms with Crippen molar-refractivity contribution in [1.82, 2.24) is 0 Å². The van der Waals surface area contributed by atoms with Gasteiger partial charge in [-0.05, 0) is 31.6 Å². The SMILES string of the molecule is CCCCCCCCCCCCC(CCCCCCCCCCCC)C(C)C=C(C)C(=O)O. The third-order valence-corrected chi connectivity index (χ3v) is 7.45. The van der Waals surface area contributed by atoms with E-state index in [1.165, 1.54) is 141 Å². The van der Waals surface area contributed by atoms with Crippen molar-refractivity contribution in [2.45, 2.75) is 169 Å². The van der Waals surface area contributed by atoms with Gasteiger partial charge in [-0.2, -0.15) is 0 Å². The summed E-state index contributed by atoms with van der Waals surface area (Å²) in [6.07, 6.45) is 32.1. The van der Waals surface area contributed by atoms with Crippen molar-refractivity contribution < 1.29 is 9.90 Å². The van der Waals surface area contributed by atoms with Gasteiger partial charge < -0.3 is 5.11 Å². The average molecular weight is 465 g/mol. The summed E-state index contributed by atoms with van der Waals surface area (Å²) in [6.45, 7) is 8.55. The van der Waals surface area contributed by atoms with Crippen LogP contribution in [0.15, 0.2) is 11.6 Å². The van der Waals surface area contributed by atoms with E-state index < -0.39 is 5.97 Å². The molecule has 2 nitrogen and oxygen atoms in total. The quantitative estimate of drug-likeness (QED) is 0.108. The molecule has 0 radical (unpaired) electrons. The van der Waals surface area contributed by atoms with Crippen LogP contribution in [0.5, 0.6) is 0 Å². The molecule has 0 bridgehead atoms. The van der Waals surface area contributed by atoms with E-state index in [0.29, 0.717) is 17.4 Å².